The zero-order chi connectivity index (χ0) is 15.4. The standard InChI is InChI=1S/C18H21N3O/c1-3-7-18-19-17-11-10-16(22-2)12-14(17)13-21(20-18)15-8-5-4-6-9-15/h4-6,8-12H,3,7,13H2,1-2H3,(H,19,20). The zero-order valence-corrected chi connectivity index (χ0v) is 13.0. The molecule has 22 heavy (non-hydrogen) atoms. The molecule has 4 heteroatoms. The molecule has 0 atom stereocenters. The van der Waals surface area contributed by atoms with Gasteiger partial charge in [0.25, 0.3) is 0 Å². The van der Waals surface area contributed by atoms with Crippen molar-refractivity contribution in [3.8, 4) is 5.75 Å². The number of hydrogen-bond acceptors (Lipinski definition) is 4. The summed E-state index contributed by atoms with van der Waals surface area (Å²) in [4.78, 5) is 4.79. The van der Waals surface area contributed by atoms with Gasteiger partial charge in [-0.15, -0.1) is 0 Å². The largest absolute Gasteiger partial charge is 0.497 e. The lowest BCUT2D eigenvalue weighted by Crippen LogP contribution is -2.40. The molecule has 1 N–H and O–H groups in total. The van der Waals surface area contributed by atoms with Gasteiger partial charge >= 0.3 is 0 Å². The third-order valence-corrected chi connectivity index (χ3v) is 3.69. The highest BCUT2D eigenvalue weighted by atomic mass is 16.5. The van der Waals surface area contributed by atoms with Crippen molar-refractivity contribution in [3.05, 3.63) is 54.1 Å². The SMILES string of the molecule is CCCC1=Nc2ccc(OC)cc2CN(c2ccccc2)N1. The fourth-order valence-electron chi connectivity index (χ4n) is 2.57. The molecule has 2 aromatic carbocycles. The number of fused-ring (bicyclic) bond motifs is 1. The van der Waals surface area contributed by atoms with E-state index >= 15 is 0 Å². The molecule has 0 saturated heterocycles. The summed E-state index contributed by atoms with van der Waals surface area (Å²) in [7, 11) is 1.69. The van der Waals surface area contributed by atoms with Gasteiger partial charge in [0, 0.05) is 12.0 Å². The highest BCUT2D eigenvalue weighted by molar-refractivity contribution is 5.87. The smallest absolute Gasteiger partial charge is 0.121 e. The van der Waals surface area contributed by atoms with Gasteiger partial charge in [-0.1, -0.05) is 25.1 Å². The van der Waals surface area contributed by atoms with Gasteiger partial charge in [-0.25, -0.2) is 4.99 Å². The number of methoxy groups -OCH3 is 1. The Balaban J connectivity index is 2.00. The maximum Gasteiger partial charge on any atom is 0.121 e. The third-order valence-electron chi connectivity index (χ3n) is 3.69. The first kappa shape index (κ1) is 14.4. The quantitative estimate of drug-likeness (QED) is 0.924. The summed E-state index contributed by atoms with van der Waals surface area (Å²) in [5.74, 6) is 1.86. The van der Waals surface area contributed by atoms with Gasteiger partial charge in [-0.3, -0.25) is 10.4 Å². The predicted octanol–water partition coefficient (Wildman–Crippen LogP) is 4.05. The molecule has 2 aromatic rings. The lowest BCUT2D eigenvalue weighted by molar-refractivity contribution is 0.414. The molecule has 0 radical (unpaired) electrons. The third kappa shape index (κ3) is 3.06. The van der Waals surface area contributed by atoms with Gasteiger partial charge < -0.3 is 4.74 Å². The summed E-state index contributed by atoms with van der Waals surface area (Å²) in [6.45, 7) is 2.91. The second-order valence-corrected chi connectivity index (χ2v) is 5.34. The number of nitrogens with zero attached hydrogens (tertiary/aromatic N) is 2. The summed E-state index contributed by atoms with van der Waals surface area (Å²) >= 11 is 0. The minimum atomic E-state index is 0.743. The zero-order valence-electron chi connectivity index (χ0n) is 13.0. The molecule has 0 bridgehead atoms. The van der Waals surface area contributed by atoms with Crippen molar-refractivity contribution in [1.29, 1.82) is 0 Å². The lowest BCUT2D eigenvalue weighted by Gasteiger charge is -2.25. The average molecular weight is 295 g/mol. The molecule has 0 aliphatic carbocycles. The normalized spacial score (nSPS) is 13.7. The van der Waals surface area contributed by atoms with Crippen LogP contribution in [0.25, 0.3) is 0 Å². The van der Waals surface area contributed by atoms with Crippen molar-refractivity contribution in [1.82, 2.24) is 5.43 Å². The summed E-state index contributed by atoms with van der Waals surface area (Å²) in [5, 5.41) is 2.14. The molecule has 1 heterocycles. The van der Waals surface area contributed by atoms with E-state index in [0.29, 0.717) is 0 Å². The second-order valence-electron chi connectivity index (χ2n) is 5.34. The van der Waals surface area contributed by atoms with E-state index in [4.69, 9.17) is 9.73 Å². The average Bonchev–Trinajstić information content (AvgIpc) is 2.74. The van der Waals surface area contributed by atoms with E-state index in [9.17, 15) is 0 Å². The molecular weight excluding hydrogens is 274 g/mol. The highest BCUT2D eigenvalue weighted by Gasteiger charge is 2.17. The van der Waals surface area contributed by atoms with Crippen molar-refractivity contribution in [2.45, 2.75) is 26.3 Å². The van der Waals surface area contributed by atoms with Crippen LogP contribution in [0.2, 0.25) is 0 Å². The van der Waals surface area contributed by atoms with Crippen LogP contribution < -0.4 is 15.2 Å². The molecule has 0 fully saturated rings. The van der Waals surface area contributed by atoms with E-state index in [1.807, 2.05) is 30.3 Å². The Bertz CT molecular complexity index is 667. The van der Waals surface area contributed by atoms with Crippen molar-refractivity contribution in [2.24, 2.45) is 4.99 Å². The lowest BCUT2D eigenvalue weighted by atomic mass is 10.1. The number of para-hydroxylation sites is 1. The number of ether oxygens (including phenoxy) is 1. The Morgan fingerprint density at radius 3 is 2.73 bits per heavy atom. The predicted molar refractivity (Wildman–Crippen MR) is 90.8 cm³/mol. The molecule has 0 spiro atoms. The van der Waals surface area contributed by atoms with E-state index in [-0.39, 0.29) is 0 Å². The Morgan fingerprint density at radius 2 is 2.00 bits per heavy atom. The van der Waals surface area contributed by atoms with E-state index in [1.54, 1.807) is 7.11 Å². The van der Waals surface area contributed by atoms with Crippen LogP contribution in [-0.2, 0) is 6.54 Å². The Labute approximate surface area is 131 Å². The Hall–Kier alpha value is -2.49. The van der Waals surface area contributed by atoms with E-state index in [0.717, 1.165) is 47.9 Å². The van der Waals surface area contributed by atoms with Crippen molar-refractivity contribution in [3.63, 3.8) is 0 Å². The molecular formula is C18H21N3O. The first-order valence-corrected chi connectivity index (χ1v) is 7.64. The van der Waals surface area contributed by atoms with Crippen LogP contribution in [0.5, 0.6) is 5.75 Å². The van der Waals surface area contributed by atoms with Crippen LogP contribution in [0, 0.1) is 0 Å². The number of hydrogen-bond donors (Lipinski definition) is 1. The van der Waals surface area contributed by atoms with Crippen LogP contribution >= 0.6 is 0 Å². The van der Waals surface area contributed by atoms with Crippen LogP contribution in [0.1, 0.15) is 25.3 Å². The summed E-state index contributed by atoms with van der Waals surface area (Å²) in [6, 6.07) is 16.4. The fourth-order valence-corrected chi connectivity index (χ4v) is 2.57. The molecule has 0 aromatic heterocycles. The van der Waals surface area contributed by atoms with Crippen LogP contribution in [-0.4, -0.2) is 12.9 Å². The number of aliphatic imine (C=N–C) groups is 1. The minimum Gasteiger partial charge on any atom is -0.497 e. The minimum absolute atomic E-state index is 0.743. The van der Waals surface area contributed by atoms with Crippen molar-refractivity contribution < 1.29 is 4.74 Å². The molecule has 114 valence electrons. The van der Waals surface area contributed by atoms with Crippen LogP contribution in [0.15, 0.2) is 53.5 Å². The van der Waals surface area contributed by atoms with Gasteiger partial charge in [0.1, 0.15) is 11.6 Å². The number of anilines is 1. The molecule has 0 saturated carbocycles. The number of hydrazine groups is 1. The number of rotatable bonds is 4. The van der Waals surface area contributed by atoms with Gasteiger partial charge in [0.15, 0.2) is 0 Å². The molecule has 3 rings (SSSR count). The van der Waals surface area contributed by atoms with Crippen LogP contribution in [0.3, 0.4) is 0 Å². The van der Waals surface area contributed by atoms with Gasteiger partial charge in [-0.05, 0) is 36.8 Å². The first-order valence-electron chi connectivity index (χ1n) is 7.64. The molecule has 0 unspecified atom stereocenters. The Morgan fingerprint density at radius 1 is 1.18 bits per heavy atom. The summed E-state index contributed by atoms with van der Waals surface area (Å²) < 4.78 is 5.35. The molecule has 0 amide bonds. The monoisotopic (exact) mass is 295 g/mol. The maximum atomic E-state index is 5.35. The van der Waals surface area contributed by atoms with E-state index in [1.165, 1.54) is 0 Å². The van der Waals surface area contributed by atoms with E-state index in [2.05, 4.69) is 35.6 Å². The number of nitrogens with one attached hydrogen (secondary N) is 1. The van der Waals surface area contributed by atoms with Crippen molar-refractivity contribution in [2.75, 3.05) is 12.1 Å². The summed E-state index contributed by atoms with van der Waals surface area (Å²) in [5.41, 5.74) is 6.75. The maximum absolute atomic E-state index is 5.35. The molecule has 4 nitrogen and oxygen atoms in total. The highest BCUT2D eigenvalue weighted by Crippen LogP contribution is 2.29. The first-order chi connectivity index (χ1) is 10.8. The van der Waals surface area contributed by atoms with E-state index < -0.39 is 0 Å². The Kier molecular flexibility index (Phi) is 4.28. The van der Waals surface area contributed by atoms with Gasteiger partial charge in [0.2, 0.25) is 0 Å². The fraction of sp³-hybridized carbons (Fsp3) is 0.278. The second kappa shape index (κ2) is 6.52. The van der Waals surface area contributed by atoms with Crippen LogP contribution in [0.4, 0.5) is 11.4 Å². The number of benzene rings is 2. The number of amidine groups is 1. The van der Waals surface area contributed by atoms with Gasteiger partial charge in [0.05, 0.1) is 25.0 Å². The van der Waals surface area contributed by atoms with Gasteiger partial charge in [-0.2, -0.15) is 0 Å². The van der Waals surface area contributed by atoms with Crippen molar-refractivity contribution >= 4 is 17.2 Å². The summed E-state index contributed by atoms with van der Waals surface area (Å²) in [6.07, 6.45) is 1.98. The molecule has 1 aliphatic heterocycles. The topological polar surface area (TPSA) is 36.9 Å². The molecule has 1 aliphatic rings.